The molecule has 0 radical (unpaired) electrons. The summed E-state index contributed by atoms with van der Waals surface area (Å²) in [7, 11) is 0. The highest BCUT2D eigenvalue weighted by Gasteiger charge is 2.38. The third kappa shape index (κ3) is 4.28. The molecule has 160 valence electrons. The largest absolute Gasteiger partial charge is 0.455 e. The number of nitrogens with zero attached hydrogens (tertiary/aromatic N) is 2. The van der Waals surface area contributed by atoms with Crippen molar-refractivity contribution in [3.05, 3.63) is 60.2 Å². The smallest absolute Gasteiger partial charge is 0.311 e. The van der Waals surface area contributed by atoms with Crippen molar-refractivity contribution in [2.75, 3.05) is 29.9 Å². The fourth-order valence-electron chi connectivity index (χ4n) is 3.96. The standard InChI is InChI=1S/C23H23N3O5/c1-15(16-7-3-2-4-8-16)25-12-17(11-21(25)28)23(30)31-14-22(29)26-13-20(27)24-18-9-5-6-10-19(18)26/h2-10,15,17H,11-14H2,1H3,(H,24,27)/t15-,17-/m0/s1. The number of nitrogens with one attached hydrogen (secondary N) is 1. The van der Waals surface area contributed by atoms with E-state index >= 15 is 0 Å². The first-order valence-corrected chi connectivity index (χ1v) is 10.1. The van der Waals surface area contributed by atoms with Crippen molar-refractivity contribution in [1.29, 1.82) is 0 Å². The summed E-state index contributed by atoms with van der Waals surface area (Å²) in [6.45, 7) is 1.54. The summed E-state index contributed by atoms with van der Waals surface area (Å²) in [4.78, 5) is 52.5. The van der Waals surface area contributed by atoms with Gasteiger partial charge in [0.2, 0.25) is 11.8 Å². The number of esters is 1. The molecule has 2 aliphatic heterocycles. The van der Waals surface area contributed by atoms with E-state index in [0.717, 1.165) is 5.56 Å². The van der Waals surface area contributed by atoms with Crippen LogP contribution in [0, 0.1) is 5.92 Å². The Hall–Kier alpha value is -3.68. The number of anilines is 2. The molecular formula is C23H23N3O5. The first kappa shape index (κ1) is 20.6. The Morgan fingerprint density at radius 1 is 1.10 bits per heavy atom. The van der Waals surface area contributed by atoms with Crippen molar-refractivity contribution in [2.24, 2.45) is 5.92 Å². The van der Waals surface area contributed by atoms with Crippen LogP contribution < -0.4 is 10.2 Å². The van der Waals surface area contributed by atoms with Gasteiger partial charge in [0.05, 0.1) is 23.3 Å². The van der Waals surface area contributed by atoms with Crippen LogP contribution in [0.1, 0.15) is 24.9 Å². The van der Waals surface area contributed by atoms with Crippen molar-refractivity contribution in [3.63, 3.8) is 0 Å². The maximum Gasteiger partial charge on any atom is 0.311 e. The summed E-state index contributed by atoms with van der Waals surface area (Å²) in [5.74, 6) is -2.13. The maximum atomic E-state index is 12.6. The molecule has 4 rings (SSSR count). The first-order valence-electron chi connectivity index (χ1n) is 10.1. The Kier molecular flexibility index (Phi) is 5.70. The molecule has 3 amide bonds. The number of likely N-dealkylation sites (tertiary alicyclic amines) is 1. The zero-order chi connectivity index (χ0) is 22.0. The van der Waals surface area contributed by atoms with Gasteiger partial charge in [-0.3, -0.25) is 24.1 Å². The van der Waals surface area contributed by atoms with E-state index in [4.69, 9.17) is 4.74 Å². The molecule has 2 aliphatic rings. The third-order valence-electron chi connectivity index (χ3n) is 5.65. The number of rotatable bonds is 5. The van der Waals surface area contributed by atoms with Crippen LogP contribution >= 0.6 is 0 Å². The Labute approximate surface area is 179 Å². The van der Waals surface area contributed by atoms with Gasteiger partial charge in [-0.05, 0) is 24.6 Å². The molecule has 0 aliphatic carbocycles. The van der Waals surface area contributed by atoms with Gasteiger partial charge in [-0.1, -0.05) is 42.5 Å². The monoisotopic (exact) mass is 421 g/mol. The number of carbonyl (C=O) groups excluding carboxylic acids is 4. The second-order valence-electron chi connectivity index (χ2n) is 7.69. The Bertz CT molecular complexity index is 1020. The zero-order valence-corrected chi connectivity index (χ0v) is 17.1. The van der Waals surface area contributed by atoms with Crippen LogP contribution in [-0.4, -0.2) is 48.3 Å². The van der Waals surface area contributed by atoms with Gasteiger partial charge in [-0.25, -0.2) is 0 Å². The van der Waals surface area contributed by atoms with Gasteiger partial charge in [0.15, 0.2) is 6.61 Å². The molecule has 0 saturated carbocycles. The molecule has 8 heteroatoms. The van der Waals surface area contributed by atoms with Crippen molar-refractivity contribution in [2.45, 2.75) is 19.4 Å². The molecule has 0 spiro atoms. The zero-order valence-electron chi connectivity index (χ0n) is 17.1. The summed E-state index contributed by atoms with van der Waals surface area (Å²) in [5, 5.41) is 2.70. The second-order valence-corrected chi connectivity index (χ2v) is 7.69. The number of ether oxygens (including phenoxy) is 1. The Morgan fingerprint density at radius 3 is 2.58 bits per heavy atom. The lowest BCUT2D eigenvalue weighted by molar-refractivity contribution is -0.151. The highest BCUT2D eigenvalue weighted by molar-refractivity contribution is 6.10. The summed E-state index contributed by atoms with van der Waals surface area (Å²) in [6, 6.07) is 16.4. The number of hydrogen-bond donors (Lipinski definition) is 1. The predicted octanol–water partition coefficient (Wildman–Crippen LogP) is 2.12. The molecule has 2 atom stereocenters. The number of carbonyl (C=O) groups is 4. The Balaban J connectivity index is 1.36. The molecule has 2 aromatic rings. The fraction of sp³-hybridized carbons (Fsp3) is 0.304. The summed E-state index contributed by atoms with van der Waals surface area (Å²) >= 11 is 0. The highest BCUT2D eigenvalue weighted by atomic mass is 16.5. The average molecular weight is 421 g/mol. The van der Waals surface area contributed by atoms with E-state index in [-0.39, 0.29) is 37.4 Å². The van der Waals surface area contributed by atoms with Crippen molar-refractivity contribution >= 4 is 35.1 Å². The summed E-state index contributed by atoms with van der Waals surface area (Å²) in [5.41, 5.74) is 2.08. The Morgan fingerprint density at radius 2 is 1.81 bits per heavy atom. The molecule has 8 nitrogen and oxygen atoms in total. The first-order chi connectivity index (χ1) is 14.9. The van der Waals surface area contributed by atoms with Crippen molar-refractivity contribution in [1.82, 2.24) is 4.90 Å². The SMILES string of the molecule is C[C@@H](c1ccccc1)N1C[C@@H](C(=O)OCC(=O)N2CC(=O)Nc3ccccc32)CC1=O. The molecule has 2 aromatic carbocycles. The van der Waals surface area contributed by atoms with E-state index in [9.17, 15) is 19.2 Å². The molecule has 1 saturated heterocycles. The molecule has 0 unspecified atom stereocenters. The third-order valence-corrected chi connectivity index (χ3v) is 5.65. The lowest BCUT2D eigenvalue weighted by Gasteiger charge is -2.29. The lowest BCUT2D eigenvalue weighted by atomic mass is 10.1. The normalized spacial score (nSPS) is 18.9. The average Bonchev–Trinajstić information content (AvgIpc) is 3.18. The molecule has 0 aromatic heterocycles. The minimum Gasteiger partial charge on any atom is -0.455 e. The van der Waals surface area contributed by atoms with Gasteiger partial charge in [-0.2, -0.15) is 0 Å². The van der Waals surface area contributed by atoms with Gasteiger partial charge in [0, 0.05) is 13.0 Å². The maximum absolute atomic E-state index is 12.6. The van der Waals surface area contributed by atoms with Crippen LogP contribution in [0.4, 0.5) is 11.4 Å². The number of amides is 3. The van der Waals surface area contributed by atoms with Gasteiger partial charge in [-0.15, -0.1) is 0 Å². The van der Waals surface area contributed by atoms with Crippen LogP contribution in [0.2, 0.25) is 0 Å². The topological polar surface area (TPSA) is 96.0 Å². The van der Waals surface area contributed by atoms with Crippen LogP contribution in [0.25, 0.3) is 0 Å². The number of benzene rings is 2. The molecular weight excluding hydrogens is 398 g/mol. The summed E-state index contributed by atoms with van der Waals surface area (Å²) in [6.07, 6.45) is 0.0547. The molecule has 1 fully saturated rings. The van der Waals surface area contributed by atoms with Gasteiger partial charge in [0.1, 0.15) is 6.54 Å². The molecule has 0 bridgehead atoms. The molecule has 1 N–H and O–H groups in total. The summed E-state index contributed by atoms with van der Waals surface area (Å²) < 4.78 is 5.23. The number of hydrogen-bond acceptors (Lipinski definition) is 5. The molecule has 31 heavy (non-hydrogen) atoms. The van der Waals surface area contributed by atoms with Gasteiger partial charge < -0.3 is 15.0 Å². The minimum absolute atomic E-state index is 0.0547. The number of para-hydroxylation sites is 2. The van der Waals surface area contributed by atoms with E-state index in [1.807, 2.05) is 37.3 Å². The van der Waals surface area contributed by atoms with E-state index in [0.29, 0.717) is 11.4 Å². The van der Waals surface area contributed by atoms with Crippen LogP contribution in [0.15, 0.2) is 54.6 Å². The van der Waals surface area contributed by atoms with Crippen LogP contribution in [-0.2, 0) is 23.9 Å². The van der Waals surface area contributed by atoms with E-state index in [2.05, 4.69) is 5.32 Å². The van der Waals surface area contributed by atoms with Gasteiger partial charge in [0.25, 0.3) is 5.91 Å². The minimum atomic E-state index is -0.622. The second kappa shape index (κ2) is 8.59. The fourth-order valence-corrected chi connectivity index (χ4v) is 3.96. The van der Waals surface area contributed by atoms with Crippen molar-refractivity contribution in [3.8, 4) is 0 Å². The van der Waals surface area contributed by atoms with Crippen molar-refractivity contribution < 1.29 is 23.9 Å². The molecule has 2 heterocycles. The predicted molar refractivity (Wildman–Crippen MR) is 113 cm³/mol. The van der Waals surface area contributed by atoms with Gasteiger partial charge >= 0.3 is 5.97 Å². The van der Waals surface area contributed by atoms with Crippen LogP contribution in [0.3, 0.4) is 0 Å². The highest BCUT2D eigenvalue weighted by Crippen LogP contribution is 2.30. The van der Waals surface area contributed by atoms with E-state index < -0.39 is 24.4 Å². The quantitative estimate of drug-likeness (QED) is 0.746. The lowest BCUT2D eigenvalue weighted by Crippen LogP contribution is -2.44. The van der Waals surface area contributed by atoms with E-state index in [1.165, 1.54) is 4.90 Å². The number of fused-ring (bicyclic) bond motifs is 1. The van der Waals surface area contributed by atoms with E-state index in [1.54, 1.807) is 29.2 Å². The van der Waals surface area contributed by atoms with Crippen LogP contribution in [0.5, 0.6) is 0 Å².